The summed E-state index contributed by atoms with van der Waals surface area (Å²) in [4.78, 5) is 33.4. The summed E-state index contributed by atoms with van der Waals surface area (Å²) >= 11 is 0. The van der Waals surface area contributed by atoms with Gasteiger partial charge in [0, 0.05) is 35.2 Å². The van der Waals surface area contributed by atoms with Crippen molar-refractivity contribution in [2.75, 3.05) is 15.5 Å². The van der Waals surface area contributed by atoms with Gasteiger partial charge in [-0.05, 0) is 71.7 Å². The van der Waals surface area contributed by atoms with E-state index < -0.39 is 41.1 Å². The molecule has 0 aliphatic heterocycles. The average molecular weight is 523 g/mol. The third kappa shape index (κ3) is 7.01. The van der Waals surface area contributed by atoms with E-state index in [1.54, 1.807) is 45.0 Å². The molecule has 202 valence electrons. The van der Waals surface area contributed by atoms with Crippen LogP contribution in [0.4, 0.5) is 41.1 Å². The van der Waals surface area contributed by atoms with Crippen LogP contribution in [0.3, 0.4) is 0 Å². The van der Waals surface area contributed by atoms with Crippen LogP contribution in [0.5, 0.6) is 0 Å². The first-order valence-electron chi connectivity index (χ1n) is 12.1. The lowest BCUT2D eigenvalue weighted by molar-refractivity contribution is -0.137. The molecule has 37 heavy (non-hydrogen) atoms. The molecule has 1 aliphatic rings. The lowest BCUT2D eigenvalue weighted by Gasteiger charge is -2.33. The number of amides is 2. The highest BCUT2D eigenvalue weighted by molar-refractivity contribution is 5.88. The molecule has 2 unspecified atom stereocenters. The highest BCUT2D eigenvalue weighted by Crippen LogP contribution is 2.37. The van der Waals surface area contributed by atoms with Gasteiger partial charge in [0.2, 0.25) is 11.9 Å². The van der Waals surface area contributed by atoms with E-state index in [0.717, 1.165) is 0 Å². The maximum atomic E-state index is 13.7. The van der Waals surface area contributed by atoms with Gasteiger partial charge in [0.25, 0.3) is 0 Å². The molecule has 3 rings (SSSR count). The molecule has 2 aromatic rings. The number of benzene rings is 1. The van der Waals surface area contributed by atoms with Gasteiger partial charge in [-0.2, -0.15) is 18.2 Å². The second-order valence-corrected chi connectivity index (χ2v) is 10.4. The molecule has 12 heteroatoms. The van der Waals surface area contributed by atoms with Gasteiger partial charge in [-0.15, -0.1) is 0 Å². The zero-order valence-corrected chi connectivity index (χ0v) is 21.5. The van der Waals surface area contributed by atoms with Crippen LogP contribution in [0.15, 0.2) is 30.5 Å². The first kappa shape index (κ1) is 28.0. The molecular weight excluding hydrogens is 489 g/mol. The number of hydrogen-bond acceptors (Lipinski definition) is 6. The summed E-state index contributed by atoms with van der Waals surface area (Å²) in [6.45, 7) is 8.94. The molecule has 0 spiro atoms. The first-order valence-corrected chi connectivity index (χ1v) is 12.1. The maximum Gasteiger partial charge on any atom is 0.421 e. The van der Waals surface area contributed by atoms with Gasteiger partial charge in [-0.25, -0.2) is 9.78 Å². The largest absolute Gasteiger partial charge is 0.465 e. The van der Waals surface area contributed by atoms with E-state index in [1.807, 2.05) is 13.8 Å². The SMILES string of the molecule is CC(C)NC(=O)C1CCCC1Nc1nc(Nc2ccc(N(C(=O)O)C(C)(C)C)cc2)ncc1C(F)(F)F. The Morgan fingerprint density at radius 2 is 1.76 bits per heavy atom. The van der Waals surface area contributed by atoms with Crippen molar-refractivity contribution in [1.82, 2.24) is 15.3 Å². The summed E-state index contributed by atoms with van der Waals surface area (Å²) in [5.74, 6) is -1.14. The zero-order valence-electron chi connectivity index (χ0n) is 21.5. The van der Waals surface area contributed by atoms with Crippen molar-refractivity contribution in [2.24, 2.45) is 5.92 Å². The smallest absolute Gasteiger partial charge is 0.421 e. The highest BCUT2D eigenvalue weighted by atomic mass is 19.4. The van der Waals surface area contributed by atoms with Crippen LogP contribution in [-0.4, -0.2) is 44.7 Å². The van der Waals surface area contributed by atoms with Gasteiger partial charge in [-0.1, -0.05) is 6.42 Å². The summed E-state index contributed by atoms with van der Waals surface area (Å²) in [5, 5.41) is 18.1. The second-order valence-electron chi connectivity index (χ2n) is 10.4. The summed E-state index contributed by atoms with van der Waals surface area (Å²) in [5.41, 5.74) is -0.801. The standard InChI is InChI=1S/C25H33F3N6O3/c1-14(2)30-21(35)17-7-6-8-19(17)32-20-18(25(26,27)28)13-29-22(33-20)31-15-9-11-16(12-10-15)34(23(36)37)24(3,4)5/h9-14,17,19H,6-8H2,1-5H3,(H,30,35)(H,36,37)(H2,29,31,32,33). The number of carbonyl (C=O) groups excluding carboxylic acids is 1. The number of nitrogens with zero attached hydrogens (tertiary/aromatic N) is 3. The summed E-state index contributed by atoms with van der Waals surface area (Å²) in [6, 6.07) is 5.78. The topological polar surface area (TPSA) is 119 Å². The fourth-order valence-electron chi connectivity index (χ4n) is 4.38. The number of halogens is 3. The molecule has 9 nitrogen and oxygen atoms in total. The van der Waals surface area contributed by atoms with Gasteiger partial charge in [0.05, 0.1) is 5.92 Å². The van der Waals surface area contributed by atoms with Crippen LogP contribution < -0.4 is 20.9 Å². The number of carboxylic acid groups (broad SMARTS) is 1. The quantitative estimate of drug-likeness (QED) is 0.372. The minimum atomic E-state index is -4.69. The maximum absolute atomic E-state index is 13.7. The van der Waals surface area contributed by atoms with E-state index in [2.05, 4.69) is 25.9 Å². The van der Waals surface area contributed by atoms with Crippen LogP contribution in [0.25, 0.3) is 0 Å². The van der Waals surface area contributed by atoms with Crippen LogP contribution in [-0.2, 0) is 11.0 Å². The van der Waals surface area contributed by atoms with Crippen LogP contribution >= 0.6 is 0 Å². The third-order valence-corrected chi connectivity index (χ3v) is 5.94. The Balaban J connectivity index is 1.84. The van der Waals surface area contributed by atoms with Crippen molar-refractivity contribution in [3.8, 4) is 0 Å². The minimum absolute atomic E-state index is 0.0738. The molecule has 1 saturated carbocycles. The summed E-state index contributed by atoms with van der Waals surface area (Å²) < 4.78 is 41.2. The molecule has 2 atom stereocenters. The number of aromatic nitrogens is 2. The van der Waals surface area contributed by atoms with Crippen molar-refractivity contribution in [1.29, 1.82) is 0 Å². The number of rotatable bonds is 7. The first-order chi connectivity index (χ1) is 17.2. The zero-order chi connectivity index (χ0) is 27.5. The number of anilines is 4. The summed E-state index contributed by atoms with van der Waals surface area (Å²) in [7, 11) is 0. The molecule has 1 aliphatic carbocycles. The molecule has 0 bridgehead atoms. The average Bonchev–Trinajstić information content (AvgIpc) is 3.21. The Kier molecular flexibility index (Phi) is 8.19. The molecular formula is C25H33F3N6O3. The third-order valence-electron chi connectivity index (χ3n) is 5.94. The van der Waals surface area contributed by atoms with Crippen molar-refractivity contribution in [3.63, 3.8) is 0 Å². The molecule has 4 N–H and O–H groups in total. The number of nitrogens with one attached hydrogen (secondary N) is 3. The van der Waals surface area contributed by atoms with E-state index in [9.17, 15) is 27.9 Å². The van der Waals surface area contributed by atoms with E-state index in [0.29, 0.717) is 36.8 Å². The lowest BCUT2D eigenvalue weighted by Crippen LogP contribution is -2.45. The monoisotopic (exact) mass is 522 g/mol. The lowest BCUT2D eigenvalue weighted by atomic mass is 10.0. The van der Waals surface area contributed by atoms with Gasteiger partial charge >= 0.3 is 12.3 Å². The predicted octanol–water partition coefficient (Wildman–Crippen LogP) is 5.63. The molecule has 2 amide bonds. The van der Waals surface area contributed by atoms with Gasteiger partial charge < -0.3 is 21.1 Å². The molecule has 0 saturated heterocycles. The highest BCUT2D eigenvalue weighted by Gasteiger charge is 2.39. The van der Waals surface area contributed by atoms with Crippen molar-refractivity contribution in [2.45, 2.75) is 77.7 Å². The van der Waals surface area contributed by atoms with E-state index in [1.165, 1.54) is 4.90 Å². The van der Waals surface area contributed by atoms with E-state index in [4.69, 9.17) is 0 Å². The molecule has 1 aromatic heterocycles. The molecule has 0 radical (unpaired) electrons. The van der Waals surface area contributed by atoms with Crippen molar-refractivity contribution in [3.05, 3.63) is 36.0 Å². The Bertz CT molecular complexity index is 1120. The summed E-state index contributed by atoms with van der Waals surface area (Å²) in [6.07, 6.45) is -3.28. The Morgan fingerprint density at radius 1 is 1.11 bits per heavy atom. The Labute approximate surface area is 213 Å². The number of alkyl halides is 3. The number of carbonyl (C=O) groups is 2. The van der Waals surface area contributed by atoms with Crippen LogP contribution in [0, 0.1) is 5.92 Å². The Hall–Kier alpha value is -3.57. The van der Waals surface area contributed by atoms with Crippen LogP contribution in [0.2, 0.25) is 0 Å². The van der Waals surface area contributed by atoms with Gasteiger partial charge in [0.15, 0.2) is 0 Å². The normalized spacial score (nSPS) is 18.0. The van der Waals surface area contributed by atoms with Gasteiger partial charge in [0.1, 0.15) is 11.4 Å². The minimum Gasteiger partial charge on any atom is -0.465 e. The fourth-order valence-corrected chi connectivity index (χ4v) is 4.38. The second kappa shape index (κ2) is 10.8. The molecule has 1 heterocycles. The fraction of sp³-hybridized carbons (Fsp3) is 0.520. The Morgan fingerprint density at radius 3 is 2.30 bits per heavy atom. The van der Waals surface area contributed by atoms with Crippen molar-refractivity contribution >= 4 is 35.1 Å². The van der Waals surface area contributed by atoms with Crippen LogP contribution in [0.1, 0.15) is 59.4 Å². The van der Waals surface area contributed by atoms with Crippen molar-refractivity contribution < 1.29 is 27.9 Å². The number of hydrogen-bond donors (Lipinski definition) is 4. The van der Waals surface area contributed by atoms with E-state index in [-0.39, 0.29) is 17.9 Å². The predicted molar refractivity (Wildman–Crippen MR) is 135 cm³/mol. The molecule has 1 aromatic carbocycles. The van der Waals surface area contributed by atoms with Gasteiger partial charge in [-0.3, -0.25) is 9.69 Å². The van der Waals surface area contributed by atoms with E-state index >= 15 is 0 Å². The molecule has 1 fully saturated rings.